The maximum atomic E-state index is 13.8. The van der Waals surface area contributed by atoms with Crippen LogP contribution in [0.15, 0.2) is 23.1 Å². The van der Waals surface area contributed by atoms with Gasteiger partial charge in [0.15, 0.2) is 0 Å². The van der Waals surface area contributed by atoms with Crippen LogP contribution in [0.25, 0.3) is 0 Å². The Labute approximate surface area is 117 Å². The van der Waals surface area contributed by atoms with E-state index in [1.165, 1.54) is 4.31 Å². The average molecular weight is 300 g/mol. The second-order valence-electron chi connectivity index (χ2n) is 5.04. The van der Waals surface area contributed by atoms with E-state index in [-0.39, 0.29) is 11.5 Å². The van der Waals surface area contributed by atoms with E-state index in [0.29, 0.717) is 19.5 Å². The van der Waals surface area contributed by atoms with E-state index >= 15 is 0 Å². The van der Waals surface area contributed by atoms with Gasteiger partial charge < -0.3 is 9.90 Å². The van der Waals surface area contributed by atoms with Gasteiger partial charge in [-0.25, -0.2) is 12.8 Å². The second-order valence-corrected chi connectivity index (χ2v) is 6.95. The lowest BCUT2D eigenvalue weighted by atomic mass is 10.0. The number of carboxylic acid groups (broad SMARTS) is 1. The molecule has 0 amide bonds. The molecule has 1 heterocycles. The summed E-state index contributed by atoms with van der Waals surface area (Å²) in [5, 5.41) is 10.8. The molecule has 1 fully saturated rings. The number of piperidine rings is 1. The lowest BCUT2D eigenvalue weighted by Gasteiger charge is -2.30. The molecule has 1 aliphatic heterocycles. The van der Waals surface area contributed by atoms with Crippen molar-refractivity contribution < 1.29 is 22.7 Å². The number of carboxylic acids is 1. The number of rotatable bonds is 3. The molecule has 0 aromatic heterocycles. The molecule has 2 rings (SSSR count). The Morgan fingerprint density at radius 3 is 2.75 bits per heavy atom. The van der Waals surface area contributed by atoms with Gasteiger partial charge in [0.2, 0.25) is 10.0 Å². The molecule has 20 heavy (non-hydrogen) atoms. The Balaban J connectivity index is 2.43. The minimum atomic E-state index is -4.01. The summed E-state index contributed by atoms with van der Waals surface area (Å²) in [6, 6.07) is 2.65. The Hall–Kier alpha value is -1.47. The largest absolute Gasteiger partial charge is 0.545 e. The van der Waals surface area contributed by atoms with Gasteiger partial charge in [-0.3, -0.25) is 0 Å². The molecule has 1 aromatic rings. The highest BCUT2D eigenvalue weighted by Crippen LogP contribution is 2.25. The molecule has 1 unspecified atom stereocenters. The molecule has 5 nitrogen and oxygen atoms in total. The first-order valence-corrected chi connectivity index (χ1v) is 7.77. The van der Waals surface area contributed by atoms with Gasteiger partial charge in [0.1, 0.15) is 10.7 Å². The zero-order chi connectivity index (χ0) is 14.9. The fourth-order valence-corrected chi connectivity index (χ4v) is 4.02. The van der Waals surface area contributed by atoms with Crippen molar-refractivity contribution in [2.24, 2.45) is 5.92 Å². The topological polar surface area (TPSA) is 77.5 Å². The van der Waals surface area contributed by atoms with E-state index in [0.717, 1.165) is 24.6 Å². The number of benzene rings is 1. The van der Waals surface area contributed by atoms with Gasteiger partial charge in [-0.05, 0) is 36.5 Å². The normalized spacial score (nSPS) is 20.8. The van der Waals surface area contributed by atoms with Crippen molar-refractivity contribution in [3.8, 4) is 0 Å². The van der Waals surface area contributed by atoms with Gasteiger partial charge in [-0.15, -0.1) is 0 Å². The fourth-order valence-electron chi connectivity index (χ4n) is 2.33. The second kappa shape index (κ2) is 5.49. The summed E-state index contributed by atoms with van der Waals surface area (Å²) in [5.41, 5.74) is -0.352. The first-order chi connectivity index (χ1) is 9.32. The summed E-state index contributed by atoms with van der Waals surface area (Å²) in [6.45, 7) is 2.56. The van der Waals surface area contributed by atoms with Crippen molar-refractivity contribution >= 4 is 16.0 Å². The molecule has 0 aliphatic carbocycles. The first-order valence-electron chi connectivity index (χ1n) is 6.33. The molecule has 1 saturated heterocycles. The quantitative estimate of drug-likeness (QED) is 0.819. The number of halogens is 1. The number of nitrogens with zero attached hydrogens (tertiary/aromatic N) is 1. The summed E-state index contributed by atoms with van der Waals surface area (Å²) in [7, 11) is -4.01. The van der Waals surface area contributed by atoms with Crippen LogP contribution >= 0.6 is 0 Å². The number of hydrogen-bond donors (Lipinski definition) is 0. The predicted molar refractivity (Wildman–Crippen MR) is 67.9 cm³/mol. The molecule has 0 bridgehead atoms. The Morgan fingerprint density at radius 2 is 2.15 bits per heavy atom. The summed E-state index contributed by atoms with van der Waals surface area (Å²) < 4.78 is 39.8. The lowest BCUT2D eigenvalue weighted by molar-refractivity contribution is -0.255. The number of hydrogen-bond acceptors (Lipinski definition) is 4. The third-order valence-corrected chi connectivity index (χ3v) is 5.28. The molecule has 0 N–H and O–H groups in total. The van der Waals surface area contributed by atoms with Crippen molar-refractivity contribution in [3.63, 3.8) is 0 Å². The zero-order valence-corrected chi connectivity index (χ0v) is 11.8. The van der Waals surface area contributed by atoms with E-state index in [9.17, 15) is 22.7 Å². The van der Waals surface area contributed by atoms with Crippen LogP contribution in [-0.2, 0) is 10.0 Å². The molecule has 0 spiro atoms. The third kappa shape index (κ3) is 2.83. The summed E-state index contributed by atoms with van der Waals surface area (Å²) in [6.07, 6.45) is 1.63. The van der Waals surface area contributed by atoms with Gasteiger partial charge in [-0.1, -0.05) is 13.0 Å². The van der Waals surface area contributed by atoms with Crippen LogP contribution in [0.5, 0.6) is 0 Å². The van der Waals surface area contributed by atoms with Gasteiger partial charge in [0.05, 0.1) is 5.97 Å². The van der Waals surface area contributed by atoms with Gasteiger partial charge in [-0.2, -0.15) is 4.31 Å². The fraction of sp³-hybridized carbons (Fsp3) is 0.462. The van der Waals surface area contributed by atoms with E-state index in [1.807, 2.05) is 6.92 Å². The van der Waals surface area contributed by atoms with Crippen LogP contribution in [0.3, 0.4) is 0 Å². The van der Waals surface area contributed by atoms with Crippen molar-refractivity contribution in [1.82, 2.24) is 4.31 Å². The maximum absolute atomic E-state index is 13.8. The summed E-state index contributed by atoms with van der Waals surface area (Å²) in [5.74, 6) is -2.28. The Bertz CT molecular complexity index is 629. The van der Waals surface area contributed by atoms with Crippen LogP contribution in [0.2, 0.25) is 0 Å². The standard InChI is InChI=1S/C13H16FNO4S/c1-9-3-2-6-15(8-9)20(18,19)12-7-10(13(16)17)4-5-11(12)14/h4-5,7,9H,2-3,6,8H2,1H3,(H,16,17)/p-1. The average Bonchev–Trinajstić information content (AvgIpc) is 2.38. The van der Waals surface area contributed by atoms with Crippen LogP contribution in [-0.4, -0.2) is 31.8 Å². The minimum Gasteiger partial charge on any atom is -0.545 e. The molecule has 7 heteroatoms. The van der Waals surface area contributed by atoms with Gasteiger partial charge in [0.25, 0.3) is 0 Å². The van der Waals surface area contributed by atoms with Crippen LogP contribution in [0.1, 0.15) is 30.1 Å². The van der Waals surface area contributed by atoms with Crippen molar-refractivity contribution in [2.45, 2.75) is 24.7 Å². The summed E-state index contributed by atoms with van der Waals surface area (Å²) in [4.78, 5) is 10.2. The third-order valence-electron chi connectivity index (χ3n) is 3.40. The SMILES string of the molecule is CC1CCCN(S(=O)(=O)c2cc(C(=O)[O-])ccc2F)C1. The zero-order valence-electron chi connectivity index (χ0n) is 11.0. The van der Waals surface area contributed by atoms with E-state index < -0.39 is 26.7 Å². The van der Waals surface area contributed by atoms with E-state index in [4.69, 9.17) is 0 Å². The molecule has 0 saturated carbocycles. The molecule has 1 aliphatic rings. The molecule has 0 radical (unpaired) electrons. The maximum Gasteiger partial charge on any atom is 0.246 e. The molecular weight excluding hydrogens is 285 g/mol. The van der Waals surface area contributed by atoms with Gasteiger partial charge >= 0.3 is 0 Å². The van der Waals surface area contributed by atoms with E-state index in [2.05, 4.69) is 0 Å². The number of aromatic carboxylic acids is 1. The van der Waals surface area contributed by atoms with Crippen LogP contribution in [0, 0.1) is 11.7 Å². The van der Waals surface area contributed by atoms with Crippen LogP contribution < -0.4 is 5.11 Å². The first kappa shape index (κ1) is 14.9. The Morgan fingerprint density at radius 1 is 1.45 bits per heavy atom. The van der Waals surface area contributed by atoms with Crippen molar-refractivity contribution in [1.29, 1.82) is 0 Å². The predicted octanol–water partition coefficient (Wildman–Crippen LogP) is 0.610. The lowest BCUT2D eigenvalue weighted by Crippen LogP contribution is -2.39. The highest BCUT2D eigenvalue weighted by Gasteiger charge is 2.31. The highest BCUT2D eigenvalue weighted by molar-refractivity contribution is 7.89. The van der Waals surface area contributed by atoms with Crippen molar-refractivity contribution in [2.75, 3.05) is 13.1 Å². The monoisotopic (exact) mass is 300 g/mol. The summed E-state index contributed by atoms with van der Waals surface area (Å²) >= 11 is 0. The minimum absolute atomic E-state index is 0.200. The number of carbonyl (C=O) groups is 1. The van der Waals surface area contributed by atoms with Gasteiger partial charge in [0, 0.05) is 13.1 Å². The molecule has 110 valence electrons. The molecular formula is C13H15FNO4S-. The smallest absolute Gasteiger partial charge is 0.246 e. The highest BCUT2D eigenvalue weighted by atomic mass is 32.2. The number of sulfonamides is 1. The van der Waals surface area contributed by atoms with Crippen LogP contribution in [0.4, 0.5) is 4.39 Å². The van der Waals surface area contributed by atoms with Crippen molar-refractivity contribution in [3.05, 3.63) is 29.6 Å². The number of carbonyl (C=O) groups excluding carboxylic acids is 1. The van der Waals surface area contributed by atoms with E-state index in [1.54, 1.807) is 0 Å². The molecule has 1 aromatic carbocycles. The Kier molecular flexibility index (Phi) is 4.10. The molecule has 1 atom stereocenters.